The van der Waals surface area contributed by atoms with Gasteiger partial charge in [-0.05, 0) is 50.8 Å². The molecular weight excluding hydrogens is 368 g/mol. The highest BCUT2D eigenvalue weighted by Crippen LogP contribution is 2.25. The zero-order valence-electron chi connectivity index (χ0n) is 16.8. The monoisotopic (exact) mass is 394 g/mol. The Bertz CT molecular complexity index is 932. The summed E-state index contributed by atoms with van der Waals surface area (Å²) in [5, 5.41) is 12.1. The van der Waals surface area contributed by atoms with Crippen molar-refractivity contribution in [3.05, 3.63) is 71.0 Å². The van der Waals surface area contributed by atoms with Gasteiger partial charge in [0.2, 0.25) is 5.91 Å². The number of para-hydroxylation sites is 1. The van der Waals surface area contributed by atoms with Gasteiger partial charge in [-0.15, -0.1) is 10.2 Å². The molecule has 2 aromatic carbocycles. The van der Waals surface area contributed by atoms with Gasteiger partial charge in [0.05, 0.1) is 5.25 Å². The Labute approximate surface area is 170 Å². The van der Waals surface area contributed by atoms with Gasteiger partial charge in [0, 0.05) is 12.2 Å². The van der Waals surface area contributed by atoms with Crippen molar-refractivity contribution in [2.75, 3.05) is 5.32 Å². The van der Waals surface area contributed by atoms with Crippen LogP contribution in [0, 0.1) is 20.8 Å². The van der Waals surface area contributed by atoms with Crippen molar-refractivity contribution in [3.63, 3.8) is 0 Å². The van der Waals surface area contributed by atoms with E-state index in [-0.39, 0.29) is 11.2 Å². The third kappa shape index (κ3) is 4.81. The molecule has 0 bridgehead atoms. The molecule has 1 aromatic heterocycles. The molecule has 1 heterocycles. The van der Waals surface area contributed by atoms with Crippen molar-refractivity contribution in [1.82, 2.24) is 14.8 Å². The lowest BCUT2D eigenvalue weighted by Crippen LogP contribution is -2.24. The van der Waals surface area contributed by atoms with E-state index in [2.05, 4.69) is 32.2 Å². The van der Waals surface area contributed by atoms with E-state index in [1.165, 1.54) is 17.3 Å². The third-order valence-electron chi connectivity index (χ3n) is 4.75. The van der Waals surface area contributed by atoms with Crippen molar-refractivity contribution in [3.8, 4) is 0 Å². The second-order valence-electron chi connectivity index (χ2n) is 6.93. The standard InChI is InChI=1S/C22H26N4OS/c1-15-9-8-10-16(2)20(15)23-21(27)17(3)28-22-25-24-18(4)26(22)14-13-19-11-6-5-7-12-19/h5-12,17H,13-14H2,1-4H3,(H,23,27)/t17-/m1/s1. The Balaban J connectivity index is 1.67. The number of aromatic nitrogens is 3. The maximum Gasteiger partial charge on any atom is 0.237 e. The maximum atomic E-state index is 12.7. The Kier molecular flexibility index (Phi) is 6.52. The third-order valence-corrected chi connectivity index (χ3v) is 5.83. The molecule has 0 spiro atoms. The predicted octanol–water partition coefficient (Wildman–Crippen LogP) is 4.57. The van der Waals surface area contributed by atoms with E-state index < -0.39 is 0 Å². The molecule has 0 aliphatic rings. The molecule has 3 rings (SSSR count). The number of anilines is 1. The molecule has 0 aliphatic carbocycles. The fourth-order valence-electron chi connectivity index (χ4n) is 3.04. The maximum absolute atomic E-state index is 12.7. The van der Waals surface area contributed by atoms with Crippen LogP contribution in [0.4, 0.5) is 5.69 Å². The highest BCUT2D eigenvalue weighted by molar-refractivity contribution is 8.00. The van der Waals surface area contributed by atoms with Crippen molar-refractivity contribution < 1.29 is 4.79 Å². The van der Waals surface area contributed by atoms with Gasteiger partial charge in [-0.1, -0.05) is 60.3 Å². The van der Waals surface area contributed by atoms with Crippen LogP contribution >= 0.6 is 11.8 Å². The minimum Gasteiger partial charge on any atom is -0.325 e. The van der Waals surface area contributed by atoms with E-state index in [9.17, 15) is 4.79 Å². The summed E-state index contributed by atoms with van der Waals surface area (Å²) in [6, 6.07) is 16.4. The molecule has 0 unspecified atom stereocenters. The van der Waals surface area contributed by atoms with E-state index in [4.69, 9.17) is 0 Å². The number of amides is 1. The van der Waals surface area contributed by atoms with Crippen molar-refractivity contribution in [1.29, 1.82) is 0 Å². The molecule has 1 N–H and O–H groups in total. The number of benzene rings is 2. The molecule has 1 atom stereocenters. The van der Waals surface area contributed by atoms with E-state index in [0.29, 0.717) is 0 Å². The molecule has 0 radical (unpaired) electrons. The lowest BCUT2D eigenvalue weighted by atomic mass is 10.1. The summed E-state index contributed by atoms with van der Waals surface area (Å²) in [5.74, 6) is 0.832. The Morgan fingerprint density at radius 3 is 2.39 bits per heavy atom. The number of aryl methyl sites for hydroxylation is 4. The van der Waals surface area contributed by atoms with Crippen molar-refractivity contribution in [2.24, 2.45) is 0 Å². The van der Waals surface area contributed by atoms with Crippen LogP contribution in [0.1, 0.15) is 29.4 Å². The average molecular weight is 395 g/mol. The zero-order valence-corrected chi connectivity index (χ0v) is 17.6. The summed E-state index contributed by atoms with van der Waals surface area (Å²) in [6.07, 6.45) is 0.899. The number of thioether (sulfide) groups is 1. The fourth-order valence-corrected chi connectivity index (χ4v) is 3.96. The molecule has 3 aromatic rings. The molecule has 0 fully saturated rings. The molecule has 1 amide bonds. The van der Waals surface area contributed by atoms with Gasteiger partial charge in [0.1, 0.15) is 5.82 Å². The SMILES string of the molecule is Cc1cccc(C)c1NC(=O)[C@@H](C)Sc1nnc(C)n1CCc1ccccc1. The summed E-state index contributed by atoms with van der Waals surface area (Å²) >= 11 is 1.44. The normalized spacial score (nSPS) is 12.0. The molecule has 6 heteroatoms. The number of hydrogen-bond donors (Lipinski definition) is 1. The van der Waals surface area contributed by atoms with Gasteiger partial charge >= 0.3 is 0 Å². The number of carbonyl (C=O) groups is 1. The Morgan fingerprint density at radius 2 is 1.71 bits per heavy atom. The number of hydrogen-bond acceptors (Lipinski definition) is 4. The Hall–Kier alpha value is -2.60. The van der Waals surface area contributed by atoms with Gasteiger partial charge in [-0.25, -0.2) is 0 Å². The lowest BCUT2D eigenvalue weighted by Gasteiger charge is -2.15. The summed E-state index contributed by atoms with van der Waals surface area (Å²) < 4.78 is 2.08. The largest absolute Gasteiger partial charge is 0.325 e. The topological polar surface area (TPSA) is 59.8 Å². The molecule has 0 saturated carbocycles. The highest BCUT2D eigenvalue weighted by atomic mass is 32.2. The summed E-state index contributed by atoms with van der Waals surface area (Å²) in [6.45, 7) is 8.65. The minimum atomic E-state index is -0.280. The van der Waals surface area contributed by atoms with Gasteiger partial charge < -0.3 is 9.88 Å². The molecule has 0 saturated heterocycles. The van der Waals surface area contributed by atoms with Crippen LogP contribution in [0.25, 0.3) is 0 Å². The second kappa shape index (κ2) is 9.06. The fraction of sp³-hybridized carbons (Fsp3) is 0.318. The van der Waals surface area contributed by atoms with Crippen molar-refractivity contribution in [2.45, 2.75) is 51.1 Å². The first kappa shape index (κ1) is 20.1. The van der Waals surface area contributed by atoms with Gasteiger partial charge in [0.25, 0.3) is 0 Å². The highest BCUT2D eigenvalue weighted by Gasteiger charge is 2.20. The number of nitrogens with one attached hydrogen (secondary N) is 1. The second-order valence-corrected chi connectivity index (χ2v) is 8.24. The van der Waals surface area contributed by atoms with Crippen LogP contribution in [0.5, 0.6) is 0 Å². The van der Waals surface area contributed by atoms with Gasteiger partial charge in [-0.2, -0.15) is 0 Å². The molecular formula is C22H26N4OS. The average Bonchev–Trinajstić information content (AvgIpc) is 3.03. The van der Waals surface area contributed by atoms with Crippen molar-refractivity contribution >= 4 is 23.4 Å². The predicted molar refractivity (Wildman–Crippen MR) is 115 cm³/mol. The van der Waals surface area contributed by atoms with Crippen LogP contribution in [0.15, 0.2) is 53.7 Å². The first-order valence-corrected chi connectivity index (χ1v) is 10.3. The molecule has 5 nitrogen and oxygen atoms in total. The van der Waals surface area contributed by atoms with Crippen LogP contribution in [-0.2, 0) is 17.8 Å². The van der Waals surface area contributed by atoms with Gasteiger partial charge in [-0.3, -0.25) is 4.79 Å². The van der Waals surface area contributed by atoms with E-state index in [1.807, 2.05) is 64.1 Å². The first-order valence-electron chi connectivity index (χ1n) is 9.43. The van der Waals surface area contributed by atoms with E-state index in [0.717, 1.165) is 40.8 Å². The smallest absolute Gasteiger partial charge is 0.237 e. The van der Waals surface area contributed by atoms with Gasteiger partial charge in [0.15, 0.2) is 5.16 Å². The molecule has 28 heavy (non-hydrogen) atoms. The summed E-state index contributed by atoms with van der Waals surface area (Å²) in [5.41, 5.74) is 4.29. The molecule has 0 aliphatic heterocycles. The molecule has 146 valence electrons. The zero-order chi connectivity index (χ0) is 20.1. The van der Waals surface area contributed by atoms with E-state index >= 15 is 0 Å². The van der Waals surface area contributed by atoms with Crippen LogP contribution in [0.3, 0.4) is 0 Å². The van der Waals surface area contributed by atoms with Crippen LogP contribution in [-0.4, -0.2) is 25.9 Å². The van der Waals surface area contributed by atoms with Crippen LogP contribution in [0.2, 0.25) is 0 Å². The van der Waals surface area contributed by atoms with E-state index in [1.54, 1.807) is 0 Å². The van der Waals surface area contributed by atoms with Crippen LogP contribution < -0.4 is 5.32 Å². The first-order chi connectivity index (χ1) is 13.5. The number of nitrogens with zero attached hydrogens (tertiary/aromatic N) is 3. The summed E-state index contributed by atoms with van der Waals surface area (Å²) in [4.78, 5) is 12.7. The Morgan fingerprint density at radius 1 is 1.04 bits per heavy atom. The minimum absolute atomic E-state index is 0.0299. The quantitative estimate of drug-likeness (QED) is 0.597. The number of rotatable bonds is 7. The number of carbonyl (C=O) groups excluding carboxylic acids is 1. The lowest BCUT2D eigenvalue weighted by molar-refractivity contribution is -0.115. The summed E-state index contributed by atoms with van der Waals surface area (Å²) in [7, 11) is 0.